The molecule has 64 valence electrons. The Morgan fingerprint density at radius 3 is 2.45 bits per heavy atom. The molecule has 2 N–H and O–H groups in total. The van der Waals surface area contributed by atoms with Gasteiger partial charge in [-0.2, -0.15) is 0 Å². The summed E-state index contributed by atoms with van der Waals surface area (Å²) in [6.07, 6.45) is 5.73. The van der Waals surface area contributed by atoms with Crippen LogP contribution in [0.4, 0.5) is 0 Å². The van der Waals surface area contributed by atoms with Gasteiger partial charge in [-0.15, -0.1) is 0 Å². The molecular formula is C10H19N. The third kappa shape index (κ3) is 1.48. The smallest absolute Gasteiger partial charge is 0.00377 e. The largest absolute Gasteiger partial charge is 0.330 e. The second-order valence-electron chi connectivity index (χ2n) is 4.03. The Morgan fingerprint density at radius 1 is 1.45 bits per heavy atom. The van der Waals surface area contributed by atoms with Gasteiger partial charge in [-0.05, 0) is 30.2 Å². The summed E-state index contributed by atoms with van der Waals surface area (Å²) in [7, 11) is 0. The van der Waals surface area contributed by atoms with Crippen LogP contribution in [0.3, 0.4) is 0 Å². The highest BCUT2D eigenvalue weighted by Crippen LogP contribution is 2.58. The van der Waals surface area contributed by atoms with Crippen molar-refractivity contribution in [3.05, 3.63) is 12.2 Å². The monoisotopic (exact) mass is 153 g/mol. The summed E-state index contributed by atoms with van der Waals surface area (Å²) in [6, 6.07) is 0. The van der Waals surface area contributed by atoms with E-state index in [4.69, 9.17) is 5.73 Å². The van der Waals surface area contributed by atoms with Crippen molar-refractivity contribution in [1.29, 1.82) is 0 Å². The number of hydrogen-bond donors (Lipinski definition) is 1. The fourth-order valence-electron chi connectivity index (χ4n) is 1.90. The Labute approximate surface area is 69.7 Å². The van der Waals surface area contributed by atoms with E-state index < -0.39 is 0 Å². The van der Waals surface area contributed by atoms with E-state index in [2.05, 4.69) is 32.9 Å². The molecule has 0 amide bonds. The Hall–Kier alpha value is -0.300. The Kier molecular flexibility index (Phi) is 2.38. The van der Waals surface area contributed by atoms with E-state index in [1.54, 1.807) is 0 Å². The third-order valence-corrected chi connectivity index (χ3v) is 2.97. The maximum Gasteiger partial charge on any atom is -0.00377 e. The van der Waals surface area contributed by atoms with Gasteiger partial charge in [-0.1, -0.05) is 32.9 Å². The molecule has 1 aliphatic carbocycles. The molecule has 0 saturated heterocycles. The predicted octanol–water partition coefficient (Wildman–Crippen LogP) is 2.18. The molecule has 1 aliphatic rings. The minimum absolute atomic E-state index is 0.473. The van der Waals surface area contributed by atoms with Gasteiger partial charge in [0.25, 0.3) is 0 Å². The van der Waals surface area contributed by atoms with Gasteiger partial charge in [-0.3, -0.25) is 0 Å². The Bertz CT molecular complexity index is 158. The highest BCUT2D eigenvalue weighted by atomic mass is 14.7. The van der Waals surface area contributed by atoms with Gasteiger partial charge in [0.2, 0.25) is 0 Å². The molecule has 0 spiro atoms. The Balaban J connectivity index is 2.45. The highest BCUT2D eigenvalue weighted by molar-refractivity contribution is 5.14. The highest BCUT2D eigenvalue weighted by Gasteiger charge is 2.54. The molecule has 0 aromatic heterocycles. The third-order valence-electron chi connectivity index (χ3n) is 2.97. The molecule has 0 radical (unpaired) electrons. The van der Waals surface area contributed by atoms with Gasteiger partial charge in [-0.25, -0.2) is 0 Å². The fraction of sp³-hybridized carbons (Fsp3) is 0.800. The van der Waals surface area contributed by atoms with Crippen LogP contribution in [0.2, 0.25) is 0 Å². The Morgan fingerprint density at radius 2 is 2.09 bits per heavy atom. The SMILES string of the molecule is CC/C=C/[C@H]1[C@H](CN)C1(C)C. The predicted molar refractivity (Wildman–Crippen MR) is 49.2 cm³/mol. The lowest BCUT2D eigenvalue weighted by molar-refractivity contribution is 0.555. The van der Waals surface area contributed by atoms with Crippen molar-refractivity contribution in [3.63, 3.8) is 0 Å². The fourth-order valence-corrected chi connectivity index (χ4v) is 1.90. The van der Waals surface area contributed by atoms with Gasteiger partial charge in [0.1, 0.15) is 0 Å². The lowest BCUT2D eigenvalue weighted by Gasteiger charge is -1.97. The second-order valence-corrected chi connectivity index (χ2v) is 4.03. The van der Waals surface area contributed by atoms with Crippen molar-refractivity contribution in [2.24, 2.45) is 23.0 Å². The van der Waals surface area contributed by atoms with Crippen molar-refractivity contribution < 1.29 is 0 Å². The van der Waals surface area contributed by atoms with Crippen LogP contribution in [0.15, 0.2) is 12.2 Å². The maximum atomic E-state index is 5.64. The van der Waals surface area contributed by atoms with E-state index in [1.165, 1.54) is 0 Å². The summed E-state index contributed by atoms with van der Waals surface area (Å²) >= 11 is 0. The van der Waals surface area contributed by atoms with Crippen LogP contribution in [0.1, 0.15) is 27.2 Å². The maximum absolute atomic E-state index is 5.64. The summed E-state index contributed by atoms with van der Waals surface area (Å²) in [5.74, 6) is 1.47. The zero-order chi connectivity index (χ0) is 8.48. The summed E-state index contributed by atoms with van der Waals surface area (Å²) in [5, 5.41) is 0. The second kappa shape index (κ2) is 2.98. The van der Waals surface area contributed by atoms with Gasteiger partial charge in [0.15, 0.2) is 0 Å². The van der Waals surface area contributed by atoms with E-state index in [1.807, 2.05) is 0 Å². The van der Waals surface area contributed by atoms with Gasteiger partial charge in [0.05, 0.1) is 0 Å². The van der Waals surface area contributed by atoms with Crippen LogP contribution in [-0.2, 0) is 0 Å². The average Bonchev–Trinajstić information content (AvgIpc) is 2.48. The number of allylic oxidation sites excluding steroid dienone is 2. The quantitative estimate of drug-likeness (QED) is 0.618. The van der Waals surface area contributed by atoms with Crippen molar-refractivity contribution in [3.8, 4) is 0 Å². The average molecular weight is 153 g/mol. The molecule has 11 heavy (non-hydrogen) atoms. The summed E-state index contributed by atoms with van der Waals surface area (Å²) in [5.41, 5.74) is 6.11. The molecule has 1 fully saturated rings. The number of rotatable bonds is 3. The van der Waals surface area contributed by atoms with Crippen LogP contribution in [0, 0.1) is 17.3 Å². The number of nitrogens with two attached hydrogens (primary N) is 1. The molecule has 0 bridgehead atoms. The van der Waals surface area contributed by atoms with Crippen LogP contribution in [-0.4, -0.2) is 6.54 Å². The topological polar surface area (TPSA) is 26.0 Å². The van der Waals surface area contributed by atoms with Crippen molar-refractivity contribution in [2.75, 3.05) is 6.54 Å². The standard InChI is InChI=1S/C10H19N/c1-4-5-6-8-9(7-11)10(8,2)3/h5-6,8-9H,4,7,11H2,1-3H3/b6-5+/t8-,9-/m0/s1. The zero-order valence-electron chi connectivity index (χ0n) is 7.80. The van der Waals surface area contributed by atoms with Gasteiger partial charge >= 0.3 is 0 Å². The molecular weight excluding hydrogens is 134 g/mol. The molecule has 1 heteroatoms. The van der Waals surface area contributed by atoms with Crippen molar-refractivity contribution in [1.82, 2.24) is 0 Å². The molecule has 1 rings (SSSR count). The molecule has 1 saturated carbocycles. The minimum Gasteiger partial charge on any atom is -0.330 e. The summed E-state index contributed by atoms with van der Waals surface area (Å²) in [6.45, 7) is 7.61. The van der Waals surface area contributed by atoms with Crippen LogP contribution in [0.5, 0.6) is 0 Å². The normalized spacial score (nSPS) is 34.5. The first-order chi connectivity index (χ1) is 5.14. The first-order valence-corrected chi connectivity index (χ1v) is 4.51. The molecule has 0 aromatic carbocycles. The van der Waals surface area contributed by atoms with E-state index in [0.29, 0.717) is 5.41 Å². The first kappa shape index (κ1) is 8.79. The molecule has 0 heterocycles. The molecule has 0 unspecified atom stereocenters. The first-order valence-electron chi connectivity index (χ1n) is 4.51. The number of hydrogen-bond acceptors (Lipinski definition) is 1. The van der Waals surface area contributed by atoms with E-state index >= 15 is 0 Å². The van der Waals surface area contributed by atoms with E-state index in [-0.39, 0.29) is 0 Å². The summed E-state index contributed by atoms with van der Waals surface area (Å²) < 4.78 is 0. The van der Waals surface area contributed by atoms with E-state index in [9.17, 15) is 0 Å². The summed E-state index contributed by atoms with van der Waals surface area (Å²) in [4.78, 5) is 0. The molecule has 1 nitrogen and oxygen atoms in total. The van der Waals surface area contributed by atoms with Crippen LogP contribution in [0.25, 0.3) is 0 Å². The van der Waals surface area contributed by atoms with Crippen molar-refractivity contribution in [2.45, 2.75) is 27.2 Å². The molecule has 0 aliphatic heterocycles. The molecule has 2 atom stereocenters. The van der Waals surface area contributed by atoms with Gasteiger partial charge < -0.3 is 5.73 Å². The van der Waals surface area contributed by atoms with Crippen LogP contribution >= 0.6 is 0 Å². The van der Waals surface area contributed by atoms with Crippen molar-refractivity contribution >= 4 is 0 Å². The zero-order valence-corrected chi connectivity index (χ0v) is 7.80. The lowest BCUT2D eigenvalue weighted by atomic mass is 10.1. The molecule has 0 aromatic rings. The minimum atomic E-state index is 0.473. The van der Waals surface area contributed by atoms with E-state index in [0.717, 1.165) is 24.8 Å². The van der Waals surface area contributed by atoms with Gasteiger partial charge in [0, 0.05) is 0 Å². The lowest BCUT2D eigenvalue weighted by Crippen LogP contribution is -2.05. The van der Waals surface area contributed by atoms with Crippen LogP contribution < -0.4 is 5.73 Å².